The van der Waals surface area contributed by atoms with Crippen LogP contribution in [0.2, 0.25) is 0 Å². The summed E-state index contributed by atoms with van der Waals surface area (Å²) in [6, 6.07) is 25.0. The Morgan fingerprint density at radius 2 is 1.53 bits per heavy atom. The smallest absolute Gasteiger partial charge is 0.266 e. The van der Waals surface area contributed by atoms with E-state index in [-0.39, 0.29) is 35.1 Å². The molecule has 1 aliphatic heterocycles. The third-order valence-corrected chi connectivity index (χ3v) is 8.26. The van der Waals surface area contributed by atoms with Crippen LogP contribution in [0.1, 0.15) is 28.2 Å². The summed E-state index contributed by atoms with van der Waals surface area (Å²) >= 11 is 0. The van der Waals surface area contributed by atoms with Crippen LogP contribution >= 0.6 is 0 Å². The van der Waals surface area contributed by atoms with Crippen molar-refractivity contribution in [3.63, 3.8) is 0 Å². The van der Waals surface area contributed by atoms with Crippen LogP contribution in [0.5, 0.6) is 0 Å². The first kappa shape index (κ1) is 19.1. The van der Waals surface area contributed by atoms with E-state index in [0.717, 1.165) is 21.0 Å². The molecule has 1 saturated heterocycles. The Kier molecular flexibility index (Phi) is 4.51. The molecule has 30 heavy (non-hydrogen) atoms. The fourth-order valence-electron chi connectivity index (χ4n) is 4.99. The molecule has 152 valence electrons. The summed E-state index contributed by atoms with van der Waals surface area (Å²) in [5.41, 5.74) is 4.44. The number of fused-ring (bicyclic) bond motifs is 2. The maximum atomic E-state index is 13.4. The molecular formula is C25H23NO3S. The Hall–Kier alpha value is -2.92. The van der Waals surface area contributed by atoms with Crippen molar-refractivity contribution in [1.29, 1.82) is 0 Å². The number of carbonyl (C=O) groups excluding carboxylic acids is 1. The van der Waals surface area contributed by atoms with Gasteiger partial charge in [0.05, 0.1) is 4.90 Å². The van der Waals surface area contributed by atoms with Crippen LogP contribution in [0, 0.1) is 18.8 Å². The summed E-state index contributed by atoms with van der Waals surface area (Å²) in [4.78, 5) is 13.5. The molecule has 3 atom stereocenters. The third kappa shape index (κ3) is 2.96. The lowest BCUT2D eigenvalue weighted by molar-refractivity contribution is -0.127. The Morgan fingerprint density at radius 1 is 0.867 bits per heavy atom. The van der Waals surface area contributed by atoms with E-state index in [2.05, 4.69) is 24.3 Å². The Balaban J connectivity index is 1.58. The predicted octanol–water partition coefficient (Wildman–Crippen LogP) is 4.15. The number of aryl methyl sites for hydroxylation is 1. The lowest BCUT2D eigenvalue weighted by atomic mass is 9.68. The number of nitrogens with zero attached hydrogens (tertiary/aromatic N) is 1. The van der Waals surface area contributed by atoms with Gasteiger partial charge >= 0.3 is 0 Å². The van der Waals surface area contributed by atoms with Crippen molar-refractivity contribution in [2.75, 3.05) is 6.54 Å². The minimum Gasteiger partial charge on any atom is -0.273 e. The van der Waals surface area contributed by atoms with Crippen molar-refractivity contribution < 1.29 is 13.2 Å². The molecule has 5 rings (SSSR count). The van der Waals surface area contributed by atoms with E-state index in [0.29, 0.717) is 6.42 Å². The molecule has 4 nitrogen and oxygen atoms in total. The maximum absolute atomic E-state index is 13.4. The van der Waals surface area contributed by atoms with Crippen LogP contribution in [0.25, 0.3) is 0 Å². The second-order valence-corrected chi connectivity index (χ2v) is 10.1. The fourth-order valence-corrected chi connectivity index (χ4v) is 6.46. The summed E-state index contributed by atoms with van der Waals surface area (Å²) in [5.74, 6) is -0.681. The Bertz CT molecular complexity index is 1200. The molecule has 1 amide bonds. The largest absolute Gasteiger partial charge is 0.273 e. The number of carbonyl (C=O) groups is 1. The highest BCUT2D eigenvalue weighted by atomic mass is 32.2. The van der Waals surface area contributed by atoms with E-state index in [4.69, 9.17) is 0 Å². The van der Waals surface area contributed by atoms with Crippen LogP contribution in [0.4, 0.5) is 0 Å². The highest BCUT2D eigenvalue weighted by Crippen LogP contribution is 2.48. The van der Waals surface area contributed by atoms with Gasteiger partial charge in [0.2, 0.25) is 5.91 Å². The molecule has 3 aromatic carbocycles. The van der Waals surface area contributed by atoms with Gasteiger partial charge in [-0.25, -0.2) is 12.7 Å². The van der Waals surface area contributed by atoms with Crippen molar-refractivity contribution in [2.24, 2.45) is 11.8 Å². The summed E-state index contributed by atoms with van der Waals surface area (Å²) in [5, 5.41) is 0. The van der Waals surface area contributed by atoms with E-state index in [1.807, 2.05) is 37.3 Å². The first-order valence-electron chi connectivity index (χ1n) is 10.2. The number of hydrogen-bond donors (Lipinski definition) is 0. The summed E-state index contributed by atoms with van der Waals surface area (Å²) < 4.78 is 27.8. The van der Waals surface area contributed by atoms with Crippen LogP contribution in [-0.4, -0.2) is 25.2 Å². The van der Waals surface area contributed by atoms with Gasteiger partial charge < -0.3 is 0 Å². The SMILES string of the molecule is Cc1ccc(S(=O)(=O)N2CC3C(Cc4ccccc4C3c3ccccc3)C2=O)cc1. The molecule has 1 heterocycles. The van der Waals surface area contributed by atoms with Crippen molar-refractivity contribution in [2.45, 2.75) is 24.2 Å². The molecule has 2 aliphatic rings. The van der Waals surface area contributed by atoms with Crippen molar-refractivity contribution >= 4 is 15.9 Å². The zero-order chi connectivity index (χ0) is 20.9. The molecule has 0 N–H and O–H groups in total. The molecule has 3 aromatic rings. The average molecular weight is 418 g/mol. The monoisotopic (exact) mass is 417 g/mol. The average Bonchev–Trinajstić information content (AvgIpc) is 3.10. The van der Waals surface area contributed by atoms with E-state index in [1.165, 1.54) is 5.56 Å². The Labute approximate surface area is 177 Å². The van der Waals surface area contributed by atoms with E-state index >= 15 is 0 Å². The number of amides is 1. The van der Waals surface area contributed by atoms with Crippen molar-refractivity contribution in [1.82, 2.24) is 4.31 Å². The second kappa shape index (κ2) is 7.10. The van der Waals surface area contributed by atoms with Gasteiger partial charge in [-0.1, -0.05) is 72.3 Å². The van der Waals surface area contributed by atoms with E-state index < -0.39 is 10.0 Å². The van der Waals surface area contributed by atoms with Gasteiger partial charge in [0.1, 0.15) is 0 Å². The van der Waals surface area contributed by atoms with Crippen molar-refractivity contribution in [3.8, 4) is 0 Å². The van der Waals surface area contributed by atoms with E-state index in [1.54, 1.807) is 24.3 Å². The van der Waals surface area contributed by atoms with Gasteiger partial charge in [0, 0.05) is 24.3 Å². The Morgan fingerprint density at radius 3 is 2.27 bits per heavy atom. The molecule has 0 aromatic heterocycles. The molecule has 0 bridgehead atoms. The lowest BCUT2D eigenvalue weighted by Crippen LogP contribution is -2.34. The molecule has 0 saturated carbocycles. The third-order valence-electron chi connectivity index (χ3n) is 6.48. The minimum absolute atomic E-state index is 0.00307. The molecule has 0 spiro atoms. The van der Waals surface area contributed by atoms with Crippen LogP contribution in [0.3, 0.4) is 0 Å². The molecule has 0 radical (unpaired) electrons. The zero-order valence-electron chi connectivity index (χ0n) is 16.7. The highest BCUT2D eigenvalue weighted by molar-refractivity contribution is 7.89. The summed E-state index contributed by atoms with van der Waals surface area (Å²) in [6.07, 6.45) is 0.586. The molecule has 1 fully saturated rings. The van der Waals surface area contributed by atoms with Gasteiger partial charge in [-0.15, -0.1) is 0 Å². The minimum atomic E-state index is -3.87. The highest BCUT2D eigenvalue weighted by Gasteiger charge is 2.51. The van der Waals surface area contributed by atoms with Gasteiger partial charge in [-0.05, 0) is 42.2 Å². The van der Waals surface area contributed by atoms with Crippen LogP contribution in [0.15, 0.2) is 83.8 Å². The fraction of sp³-hybridized carbons (Fsp3) is 0.240. The molecule has 5 heteroatoms. The predicted molar refractivity (Wildman–Crippen MR) is 115 cm³/mol. The van der Waals surface area contributed by atoms with Crippen molar-refractivity contribution in [3.05, 3.63) is 101 Å². The number of hydrogen-bond acceptors (Lipinski definition) is 3. The second-order valence-electron chi connectivity index (χ2n) is 8.25. The maximum Gasteiger partial charge on any atom is 0.266 e. The van der Waals surface area contributed by atoms with E-state index in [9.17, 15) is 13.2 Å². The lowest BCUT2D eigenvalue weighted by Gasteiger charge is -2.34. The topological polar surface area (TPSA) is 54.5 Å². The first-order valence-corrected chi connectivity index (χ1v) is 11.7. The number of rotatable bonds is 3. The van der Waals surface area contributed by atoms with Gasteiger partial charge in [-0.3, -0.25) is 4.79 Å². The first-order chi connectivity index (χ1) is 14.5. The normalized spacial score (nSPS) is 23.2. The zero-order valence-corrected chi connectivity index (χ0v) is 17.5. The molecule has 3 unspecified atom stereocenters. The molecule has 1 aliphatic carbocycles. The van der Waals surface area contributed by atoms with Crippen LogP contribution < -0.4 is 0 Å². The number of benzene rings is 3. The van der Waals surface area contributed by atoms with Gasteiger partial charge in [0.25, 0.3) is 10.0 Å². The standard InChI is InChI=1S/C25H23NO3S/c1-17-11-13-20(14-12-17)30(28,29)26-16-23-22(25(26)27)15-19-9-5-6-10-21(19)24(23)18-7-3-2-4-8-18/h2-14,22-24H,15-16H2,1H3. The quantitative estimate of drug-likeness (QED) is 0.643. The summed E-state index contributed by atoms with van der Waals surface area (Å²) in [6.45, 7) is 2.13. The summed E-state index contributed by atoms with van der Waals surface area (Å²) in [7, 11) is -3.87. The number of sulfonamides is 1. The molecular weight excluding hydrogens is 394 g/mol. The van der Waals surface area contributed by atoms with Gasteiger partial charge in [-0.2, -0.15) is 0 Å². The van der Waals surface area contributed by atoms with Crippen LogP contribution in [-0.2, 0) is 21.2 Å². The van der Waals surface area contributed by atoms with Gasteiger partial charge in [0.15, 0.2) is 0 Å².